The second kappa shape index (κ2) is 3.74. The predicted molar refractivity (Wildman–Crippen MR) is 71.3 cm³/mol. The van der Waals surface area contributed by atoms with Gasteiger partial charge in [0.1, 0.15) is 0 Å². The number of nitrogens with two attached hydrogens (primary N) is 1. The normalized spacial score (nSPS) is 16.0. The van der Waals surface area contributed by atoms with Crippen molar-refractivity contribution in [3.63, 3.8) is 0 Å². The van der Waals surface area contributed by atoms with Crippen molar-refractivity contribution in [1.82, 2.24) is 15.2 Å². The van der Waals surface area contributed by atoms with Crippen LogP contribution >= 0.6 is 0 Å². The Morgan fingerprint density at radius 3 is 2.84 bits per heavy atom. The van der Waals surface area contributed by atoms with Gasteiger partial charge < -0.3 is 11.1 Å². The maximum absolute atomic E-state index is 11.9. The van der Waals surface area contributed by atoms with Crippen molar-refractivity contribution < 1.29 is 4.79 Å². The molecule has 6 nitrogen and oxygen atoms in total. The smallest absolute Gasteiger partial charge is 0.240 e. The lowest BCUT2D eigenvalue weighted by Gasteiger charge is -2.15. The number of nitrogens with one attached hydrogen (secondary N) is 1. The van der Waals surface area contributed by atoms with Crippen LogP contribution in [0.3, 0.4) is 0 Å². The molecule has 3 N–H and O–H groups in total. The van der Waals surface area contributed by atoms with Crippen LogP contribution in [0.15, 0.2) is 24.4 Å². The Bertz CT molecular complexity index is 680. The standard InChI is InChI=1S/C13H13N5O/c1-13(2)8-5-7(3-4-9(8)16-11(13)19)10-6-15-18-12(14)17-10/h3-6H,1-2H3,(H,16,19)(H2,14,17,18). The van der Waals surface area contributed by atoms with Gasteiger partial charge in [-0.2, -0.15) is 5.10 Å². The van der Waals surface area contributed by atoms with Gasteiger partial charge in [0, 0.05) is 11.3 Å². The molecular formula is C13H13N5O. The van der Waals surface area contributed by atoms with Gasteiger partial charge >= 0.3 is 0 Å². The number of carbonyl (C=O) groups excluding carboxylic acids is 1. The summed E-state index contributed by atoms with van der Waals surface area (Å²) in [5, 5.41) is 10.3. The quantitative estimate of drug-likeness (QED) is 0.802. The van der Waals surface area contributed by atoms with Gasteiger partial charge in [0.2, 0.25) is 11.9 Å². The van der Waals surface area contributed by atoms with Crippen LogP contribution in [0.2, 0.25) is 0 Å². The van der Waals surface area contributed by atoms with E-state index in [0.717, 1.165) is 16.8 Å². The molecule has 3 rings (SSSR count). The first-order chi connectivity index (χ1) is 8.98. The summed E-state index contributed by atoms with van der Waals surface area (Å²) in [6.07, 6.45) is 1.55. The van der Waals surface area contributed by atoms with E-state index in [4.69, 9.17) is 5.73 Å². The van der Waals surface area contributed by atoms with Crippen LogP contribution < -0.4 is 11.1 Å². The molecule has 0 atom stereocenters. The van der Waals surface area contributed by atoms with Crippen molar-refractivity contribution in [3.8, 4) is 11.3 Å². The van der Waals surface area contributed by atoms with Gasteiger partial charge in [0.25, 0.3) is 0 Å². The second-order valence-corrected chi connectivity index (χ2v) is 5.04. The molecule has 1 aliphatic rings. The molecule has 0 saturated heterocycles. The van der Waals surface area contributed by atoms with Crippen molar-refractivity contribution in [3.05, 3.63) is 30.0 Å². The van der Waals surface area contributed by atoms with Gasteiger partial charge in [-0.25, -0.2) is 4.98 Å². The molecule has 0 fully saturated rings. The first-order valence-electron chi connectivity index (χ1n) is 5.90. The summed E-state index contributed by atoms with van der Waals surface area (Å²) in [5.74, 6) is 0.131. The molecule has 0 radical (unpaired) electrons. The average Bonchev–Trinajstić information content (AvgIpc) is 2.60. The first kappa shape index (κ1) is 11.6. The minimum absolute atomic E-state index is 0.0000218. The Hall–Kier alpha value is -2.50. The topological polar surface area (TPSA) is 93.8 Å². The van der Waals surface area contributed by atoms with Gasteiger partial charge in [-0.15, -0.1) is 5.10 Å². The van der Waals surface area contributed by atoms with E-state index >= 15 is 0 Å². The molecule has 0 unspecified atom stereocenters. The summed E-state index contributed by atoms with van der Waals surface area (Å²) >= 11 is 0. The zero-order valence-corrected chi connectivity index (χ0v) is 10.6. The van der Waals surface area contributed by atoms with E-state index in [2.05, 4.69) is 20.5 Å². The lowest BCUT2D eigenvalue weighted by Crippen LogP contribution is -2.26. The van der Waals surface area contributed by atoms with Gasteiger partial charge in [0.15, 0.2) is 0 Å². The minimum Gasteiger partial charge on any atom is -0.366 e. The third-order valence-corrected chi connectivity index (χ3v) is 3.38. The number of aromatic nitrogens is 3. The Morgan fingerprint density at radius 2 is 2.11 bits per heavy atom. The zero-order chi connectivity index (χ0) is 13.6. The molecule has 0 saturated carbocycles. The number of amides is 1. The van der Waals surface area contributed by atoms with Crippen LogP contribution in [0.1, 0.15) is 19.4 Å². The summed E-state index contributed by atoms with van der Waals surface area (Å²) in [6.45, 7) is 3.79. The summed E-state index contributed by atoms with van der Waals surface area (Å²) in [7, 11) is 0. The molecule has 6 heteroatoms. The lowest BCUT2D eigenvalue weighted by molar-refractivity contribution is -0.119. The van der Waals surface area contributed by atoms with E-state index in [0.29, 0.717) is 5.69 Å². The molecule has 0 aliphatic carbocycles. The van der Waals surface area contributed by atoms with Crippen LogP contribution in [0.5, 0.6) is 0 Å². The van der Waals surface area contributed by atoms with Gasteiger partial charge in [-0.05, 0) is 31.5 Å². The molecular weight excluding hydrogens is 242 g/mol. The number of benzene rings is 1. The van der Waals surface area contributed by atoms with Crippen molar-refractivity contribution in [2.24, 2.45) is 0 Å². The van der Waals surface area contributed by atoms with Crippen LogP contribution in [0, 0.1) is 0 Å². The summed E-state index contributed by atoms with van der Waals surface area (Å²) < 4.78 is 0. The van der Waals surface area contributed by atoms with Crippen LogP contribution in [0.25, 0.3) is 11.3 Å². The average molecular weight is 255 g/mol. The Labute approximate surface area is 110 Å². The van der Waals surface area contributed by atoms with Crippen molar-refractivity contribution >= 4 is 17.5 Å². The number of nitrogen functional groups attached to an aromatic ring is 1. The maximum Gasteiger partial charge on any atom is 0.240 e. The largest absolute Gasteiger partial charge is 0.366 e. The Kier molecular flexibility index (Phi) is 2.28. The number of hydrogen-bond donors (Lipinski definition) is 2. The second-order valence-electron chi connectivity index (χ2n) is 5.04. The van der Waals surface area contributed by atoms with Crippen molar-refractivity contribution in [2.75, 3.05) is 11.1 Å². The van der Waals surface area contributed by atoms with E-state index in [1.165, 1.54) is 0 Å². The van der Waals surface area contributed by atoms with Crippen LogP contribution in [-0.2, 0) is 10.2 Å². The highest BCUT2D eigenvalue weighted by atomic mass is 16.2. The van der Waals surface area contributed by atoms with Crippen LogP contribution in [-0.4, -0.2) is 21.1 Å². The van der Waals surface area contributed by atoms with E-state index in [9.17, 15) is 4.79 Å². The third kappa shape index (κ3) is 1.72. The zero-order valence-electron chi connectivity index (χ0n) is 10.6. The number of rotatable bonds is 1. The Morgan fingerprint density at radius 1 is 1.32 bits per heavy atom. The number of hydrogen-bond acceptors (Lipinski definition) is 5. The number of carbonyl (C=O) groups is 1. The third-order valence-electron chi connectivity index (χ3n) is 3.38. The van der Waals surface area contributed by atoms with Crippen LogP contribution in [0.4, 0.5) is 11.6 Å². The fraction of sp³-hybridized carbons (Fsp3) is 0.231. The Balaban J connectivity index is 2.13. The lowest BCUT2D eigenvalue weighted by atomic mass is 9.85. The van der Waals surface area contributed by atoms with E-state index in [1.807, 2.05) is 32.0 Å². The first-order valence-corrected chi connectivity index (χ1v) is 5.90. The van der Waals surface area contributed by atoms with Crippen molar-refractivity contribution in [2.45, 2.75) is 19.3 Å². The molecule has 1 aromatic carbocycles. The molecule has 19 heavy (non-hydrogen) atoms. The van der Waals surface area contributed by atoms with E-state index in [-0.39, 0.29) is 11.9 Å². The molecule has 1 aromatic heterocycles. The molecule has 2 heterocycles. The number of anilines is 2. The van der Waals surface area contributed by atoms with Gasteiger partial charge in [0.05, 0.1) is 17.3 Å². The minimum atomic E-state index is -0.544. The fourth-order valence-electron chi connectivity index (χ4n) is 2.19. The highest BCUT2D eigenvalue weighted by Crippen LogP contribution is 2.39. The molecule has 1 aliphatic heterocycles. The molecule has 2 aromatic rings. The summed E-state index contributed by atoms with van der Waals surface area (Å²) in [6, 6.07) is 5.69. The van der Waals surface area contributed by atoms with E-state index in [1.54, 1.807) is 6.20 Å². The highest BCUT2D eigenvalue weighted by molar-refractivity contribution is 6.06. The SMILES string of the molecule is CC1(C)C(=O)Nc2ccc(-c3cnnc(N)n3)cc21. The molecule has 0 spiro atoms. The molecule has 0 bridgehead atoms. The van der Waals surface area contributed by atoms with E-state index < -0.39 is 5.41 Å². The van der Waals surface area contributed by atoms with Gasteiger partial charge in [-0.1, -0.05) is 6.07 Å². The maximum atomic E-state index is 11.9. The fourth-order valence-corrected chi connectivity index (χ4v) is 2.19. The summed E-state index contributed by atoms with van der Waals surface area (Å²) in [5.41, 5.74) is 8.29. The summed E-state index contributed by atoms with van der Waals surface area (Å²) in [4.78, 5) is 16.0. The number of nitrogens with zero attached hydrogens (tertiary/aromatic N) is 3. The predicted octanol–water partition coefficient (Wildman–Crippen LogP) is 1.35. The monoisotopic (exact) mass is 255 g/mol. The van der Waals surface area contributed by atoms with Gasteiger partial charge in [-0.3, -0.25) is 4.79 Å². The number of fused-ring (bicyclic) bond motifs is 1. The molecule has 1 amide bonds. The van der Waals surface area contributed by atoms with Crippen molar-refractivity contribution in [1.29, 1.82) is 0 Å². The highest BCUT2D eigenvalue weighted by Gasteiger charge is 2.38. The molecule has 96 valence electrons.